The van der Waals surface area contributed by atoms with Crippen LogP contribution in [0.2, 0.25) is 10.0 Å². The lowest BCUT2D eigenvalue weighted by atomic mass is 9.92. The molecule has 8 rings (SSSR count). The molecule has 9 heteroatoms. The highest BCUT2D eigenvalue weighted by Gasteiger charge is 2.39. The molecular formula is C41H54Cl2N6O. The van der Waals surface area contributed by atoms with Crippen LogP contribution in [0.5, 0.6) is 0 Å². The van der Waals surface area contributed by atoms with Crippen LogP contribution in [0.4, 0.5) is 0 Å². The summed E-state index contributed by atoms with van der Waals surface area (Å²) in [7, 11) is 4.43. The summed E-state index contributed by atoms with van der Waals surface area (Å²) in [5.74, 6) is 1.77. The van der Waals surface area contributed by atoms with E-state index >= 15 is 4.79 Å². The molecule has 0 amide bonds. The second-order valence-corrected chi connectivity index (χ2v) is 17.1. The molecular weight excluding hydrogens is 663 g/mol. The van der Waals surface area contributed by atoms with Gasteiger partial charge in [0.1, 0.15) is 0 Å². The number of nitrogens with zero attached hydrogens (tertiary/aromatic N) is 6. The second kappa shape index (κ2) is 14.2. The van der Waals surface area contributed by atoms with Gasteiger partial charge in [0, 0.05) is 82.5 Å². The maximum absolute atomic E-state index is 15.7. The molecule has 2 saturated heterocycles. The number of fused-ring (bicyclic) bond motifs is 6. The number of piperidine rings is 2. The molecule has 0 radical (unpaired) electrons. The fourth-order valence-corrected chi connectivity index (χ4v) is 9.87. The molecule has 2 aromatic heterocycles. The minimum Gasteiger partial charge on any atom is -0.341 e. The molecule has 4 aliphatic heterocycles. The molecule has 6 heterocycles. The topological polar surface area (TPSA) is 39.9 Å². The van der Waals surface area contributed by atoms with Crippen LogP contribution in [-0.4, -0.2) is 100.0 Å². The Morgan fingerprint density at radius 3 is 1.46 bits per heavy atom. The lowest BCUT2D eigenvalue weighted by Gasteiger charge is -2.42. The number of Topliss-reactive ketones (excluding diaryl/α,β-unsaturated/α-hetero) is 1. The SMILES string of the molecule is CC1CCN(C(Cn2c3c(c4cc(Cl)ccc42)CCN(C)C3)C(=O)C(Cn2c3c(c4cc(Cl)ccc42)CCN(C)C3)N2CCC(C)CC2)CC1. The lowest BCUT2D eigenvalue weighted by molar-refractivity contribution is -0.132. The number of halogens is 2. The zero-order valence-electron chi connectivity index (χ0n) is 30.4. The molecule has 0 aliphatic carbocycles. The number of hydrogen-bond donors (Lipinski definition) is 0. The van der Waals surface area contributed by atoms with Crippen molar-refractivity contribution in [1.29, 1.82) is 0 Å². The molecule has 0 bridgehead atoms. The number of carbonyl (C=O) groups excluding carboxylic acids is 1. The predicted octanol–water partition coefficient (Wildman–Crippen LogP) is 7.35. The van der Waals surface area contributed by atoms with Crippen molar-refractivity contribution >= 4 is 50.8 Å². The molecule has 2 unspecified atom stereocenters. The summed E-state index contributed by atoms with van der Waals surface area (Å²) in [6.07, 6.45) is 6.58. The predicted molar refractivity (Wildman–Crippen MR) is 206 cm³/mol. The molecule has 50 heavy (non-hydrogen) atoms. The first-order chi connectivity index (χ1) is 24.1. The largest absolute Gasteiger partial charge is 0.341 e. The third kappa shape index (κ3) is 6.56. The van der Waals surface area contributed by atoms with E-state index in [1.807, 2.05) is 12.1 Å². The van der Waals surface area contributed by atoms with Gasteiger partial charge in [0.15, 0.2) is 5.78 Å². The first-order valence-corrected chi connectivity index (χ1v) is 19.9. The van der Waals surface area contributed by atoms with Gasteiger partial charge < -0.3 is 18.9 Å². The summed E-state index contributed by atoms with van der Waals surface area (Å²) in [6, 6.07) is 12.3. The normalized spacial score (nSPS) is 21.9. The van der Waals surface area contributed by atoms with Crippen LogP contribution in [0, 0.1) is 11.8 Å². The Balaban J connectivity index is 1.23. The average molecular weight is 718 g/mol. The van der Waals surface area contributed by atoms with Gasteiger partial charge in [0.2, 0.25) is 0 Å². The number of hydrogen-bond acceptors (Lipinski definition) is 5. The van der Waals surface area contributed by atoms with E-state index in [0.29, 0.717) is 30.7 Å². The van der Waals surface area contributed by atoms with Crippen molar-refractivity contribution in [2.75, 3.05) is 53.4 Å². The first kappa shape index (κ1) is 34.7. The van der Waals surface area contributed by atoms with Crippen LogP contribution >= 0.6 is 23.2 Å². The summed E-state index contributed by atoms with van der Waals surface area (Å²) >= 11 is 13.2. The van der Waals surface area contributed by atoms with Crippen molar-refractivity contribution < 1.29 is 4.79 Å². The summed E-state index contributed by atoms with van der Waals surface area (Å²) in [5, 5.41) is 4.08. The highest BCUT2D eigenvalue weighted by atomic mass is 35.5. The number of likely N-dealkylation sites (tertiary alicyclic amines) is 2. The van der Waals surface area contributed by atoms with Crippen molar-refractivity contribution in [2.24, 2.45) is 11.8 Å². The standard InChI is InChI=1S/C41H54Cl2N6O/c1-27-9-17-46(18-10-27)39(25-48-35-7-5-29(42)21-33(35)31-13-15-44(3)23-37(31)48)41(50)40(47-19-11-28(2)12-20-47)26-49-36-8-6-30(43)22-34(36)32-14-16-45(4)24-38(32)49/h5-8,21-22,27-28,39-40H,9-20,23-26H2,1-4H3. The van der Waals surface area contributed by atoms with E-state index in [-0.39, 0.29) is 12.1 Å². The van der Waals surface area contributed by atoms with E-state index in [2.05, 4.69) is 80.9 Å². The summed E-state index contributed by atoms with van der Waals surface area (Å²) in [5.41, 5.74) is 7.96. The van der Waals surface area contributed by atoms with Gasteiger partial charge in [-0.05, 0) is 138 Å². The van der Waals surface area contributed by atoms with Crippen LogP contribution < -0.4 is 0 Å². The maximum atomic E-state index is 15.7. The van der Waals surface area contributed by atoms with Crippen molar-refractivity contribution in [3.8, 4) is 0 Å². The Bertz CT molecular complexity index is 1750. The average Bonchev–Trinajstić information content (AvgIpc) is 3.56. The van der Waals surface area contributed by atoms with Crippen molar-refractivity contribution in [3.05, 3.63) is 69.0 Å². The van der Waals surface area contributed by atoms with E-state index in [1.54, 1.807) is 0 Å². The Labute approximate surface area is 308 Å². The summed E-state index contributed by atoms with van der Waals surface area (Å²) in [4.78, 5) is 25.7. The number of rotatable bonds is 8. The van der Waals surface area contributed by atoms with Crippen LogP contribution in [0.1, 0.15) is 62.0 Å². The van der Waals surface area contributed by atoms with Gasteiger partial charge in [-0.2, -0.15) is 0 Å². The van der Waals surface area contributed by atoms with E-state index in [4.69, 9.17) is 23.2 Å². The van der Waals surface area contributed by atoms with Crippen molar-refractivity contribution in [1.82, 2.24) is 28.7 Å². The van der Waals surface area contributed by atoms with E-state index < -0.39 is 0 Å². The third-order valence-electron chi connectivity index (χ3n) is 12.7. The van der Waals surface area contributed by atoms with Crippen LogP contribution in [0.15, 0.2) is 36.4 Å². The molecule has 2 aromatic carbocycles. The van der Waals surface area contributed by atoms with Crippen LogP contribution in [-0.2, 0) is 43.8 Å². The molecule has 2 fully saturated rings. The Hall–Kier alpha value is -2.39. The van der Waals surface area contributed by atoms with Gasteiger partial charge in [-0.15, -0.1) is 0 Å². The van der Waals surface area contributed by atoms with E-state index in [0.717, 1.165) is 101 Å². The minimum absolute atomic E-state index is 0.204. The highest BCUT2D eigenvalue weighted by Crippen LogP contribution is 2.36. The fraction of sp³-hybridized carbons (Fsp3) is 0.585. The number of aromatic nitrogens is 2. The van der Waals surface area contributed by atoms with Gasteiger partial charge in [-0.25, -0.2) is 0 Å². The zero-order chi connectivity index (χ0) is 34.7. The Morgan fingerprint density at radius 1 is 0.660 bits per heavy atom. The van der Waals surface area contributed by atoms with E-state index in [1.165, 1.54) is 44.3 Å². The molecule has 4 aliphatic rings. The van der Waals surface area contributed by atoms with Gasteiger partial charge in [0.25, 0.3) is 0 Å². The Kier molecular flexibility index (Phi) is 9.86. The van der Waals surface area contributed by atoms with Crippen molar-refractivity contribution in [3.63, 3.8) is 0 Å². The number of likely N-dealkylation sites (N-methyl/N-ethyl adjacent to an activating group) is 2. The number of benzene rings is 2. The molecule has 4 aromatic rings. The molecule has 268 valence electrons. The minimum atomic E-state index is -0.204. The van der Waals surface area contributed by atoms with Gasteiger partial charge >= 0.3 is 0 Å². The van der Waals surface area contributed by atoms with Gasteiger partial charge in [-0.1, -0.05) is 37.0 Å². The first-order valence-electron chi connectivity index (χ1n) is 19.1. The number of carbonyl (C=O) groups is 1. The monoisotopic (exact) mass is 716 g/mol. The number of ketones is 1. The van der Waals surface area contributed by atoms with Crippen LogP contribution in [0.3, 0.4) is 0 Å². The fourth-order valence-electron chi connectivity index (χ4n) is 9.53. The molecule has 0 saturated carbocycles. The van der Waals surface area contributed by atoms with Crippen molar-refractivity contribution in [2.45, 2.75) is 90.6 Å². The summed E-state index contributed by atoms with van der Waals surface area (Å²) < 4.78 is 5.02. The third-order valence-corrected chi connectivity index (χ3v) is 13.2. The zero-order valence-corrected chi connectivity index (χ0v) is 31.9. The maximum Gasteiger partial charge on any atom is 0.170 e. The van der Waals surface area contributed by atoms with E-state index in [9.17, 15) is 0 Å². The lowest BCUT2D eigenvalue weighted by Crippen LogP contribution is -2.57. The quantitative estimate of drug-likeness (QED) is 0.191. The van der Waals surface area contributed by atoms with Gasteiger partial charge in [0.05, 0.1) is 12.1 Å². The molecule has 7 nitrogen and oxygen atoms in total. The second-order valence-electron chi connectivity index (χ2n) is 16.2. The molecule has 0 N–H and O–H groups in total. The Morgan fingerprint density at radius 2 is 1.06 bits per heavy atom. The molecule has 2 atom stereocenters. The van der Waals surface area contributed by atoms with Crippen LogP contribution in [0.25, 0.3) is 21.8 Å². The van der Waals surface area contributed by atoms with Gasteiger partial charge in [-0.3, -0.25) is 14.6 Å². The smallest absolute Gasteiger partial charge is 0.170 e. The summed E-state index contributed by atoms with van der Waals surface area (Å²) in [6.45, 7) is 13.8. The molecule has 0 spiro atoms. The highest BCUT2D eigenvalue weighted by molar-refractivity contribution is 6.31.